The summed E-state index contributed by atoms with van der Waals surface area (Å²) in [6.07, 6.45) is 3.14. The summed E-state index contributed by atoms with van der Waals surface area (Å²) in [5, 5.41) is 11.2. The van der Waals surface area contributed by atoms with Gasteiger partial charge in [-0.15, -0.1) is 0 Å². The van der Waals surface area contributed by atoms with Crippen LogP contribution >= 0.6 is 0 Å². The number of carbonyl (C=O) groups is 2. The summed E-state index contributed by atoms with van der Waals surface area (Å²) in [6.45, 7) is 6.38. The minimum Gasteiger partial charge on any atom is -0.507 e. The number of hydrogen-bond donors (Lipinski definition) is 1. The highest BCUT2D eigenvalue weighted by Gasteiger charge is 2.46. The Morgan fingerprint density at radius 1 is 1.09 bits per heavy atom. The summed E-state index contributed by atoms with van der Waals surface area (Å²) < 4.78 is 16.5. The zero-order chi connectivity index (χ0) is 24.1. The third-order valence-corrected chi connectivity index (χ3v) is 5.43. The Labute approximate surface area is 197 Å². The van der Waals surface area contributed by atoms with Crippen LogP contribution in [-0.2, 0) is 16.1 Å². The Morgan fingerprint density at radius 3 is 2.56 bits per heavy atom. The minimum absolute atomic E-state index is 0.00460. The summed E-state index contributed by atoms with van der Waals surface area (Å²) in [7, 11) is 0. The largest absolute Gasteiger partial charge is 0.507 e. The zero-order valence-corrected chi connectivity index (χ0v) is 18.8. The molecule has 3 aromatic rings. The van der Waals surface area contributed by atoms with Gasteiger partial charge >= 0.3 is 0 Å². The fraction of sp³-hybridized carbons (Fsp3) is 0.185. The van der Waals surface area contributed by atoms with E-state index in [-0.39, 0.29) is 17.9 Å². The molecule has 2 heterocycles. The van der Waals surface area contributed by atoms with Crippen molar-refractivity contribution < 1.29 is 28.6 Å². The number of benzene rings is 2. The lowest BCUT2D eigenvalue weighted by Gasteiger charge is -2.25. The van der Waals surface area contributed by atoms with E-state index in [4.69, 9.17) is 13.9 Å². The normalized spacial score (nSPS) is 17.1. The van der Waals surface area contributed by atoms with Crippen LogP contribution in [0.1, 0.15) is 29.9 Å². The summed E-state index contributed by atoms with van der Waals surface area (Å²) in [5.41, 5.74) is 1.04. The molecule has 4 rings (SSSR count). The van der Waals surface area contributed by atoms with Crippen LogP contribution in [0.2, 0.25) is 0 Å². The zero-order valence-electron chi connectivity index (χ0n) is 18.8. The average Bonchev–Trinajstić information content (AvgIpc) is 3.45. The van der Waals surface area contributed by atoms with Gasteiger partial charge in [0.15, 0.2) is 0 Å². The number of hydrogen-bond acceptors (Lipinski definition) is 6. The molecule has 1 aliphatic rings. The molecule has 7 heteroatoms. The second-order valence-corrected chi connectivity index (χ2v) is 7.64. The first-order valence-electron chi connectivity index (χ1n) is 10.9. The van der Waals surface area contributed by atoms with Crippen LogP contribution in [0.15, 0.2) is 89.6 Å². The summed E-state index contributed by atoms with van der Waals surface area (Å²) in [4.78, 5) is 27.6. The predicted molar refractivity (Wildman–Crippen MR) is 126 cm³/mol. The van der Waals surface area contributed by atoms with Crippen LogP contribution in [-0.4, -0.2) is 34.9 Å². The lowest BCUT2D eigenvalue weighted by atomic mass is 9.95. The molecule has 34 heavy (non-hydrogen) atoms. The highest BCUT2D eigenvalue weighted by molar-refractivity contribution is 6.46. The predicted octanol–water partition coefficient (Wildman–Crippen LogP) is 4.87. The second kappa shape index (κ2) is 10.1. The molecule has 1 N–H and O–H groups in total. The first kappa shape index (κ1) is 22.9. The van der Waals surface area contributed by atoms with Crippen molar-refractivity contribution in [3.8, 4) is 11.5 Å². The van der Waals surface area contributed by atoms with Crippen LogP contribution in [0.25, 0.3) is 5.76 Å². The Bertz CT molecular complexity index is 1210. The molecule has 1 atom stereocenters. The number of aliphatic hydroxyl groups is 1. The molecule has 0 bridgehead atoms. The molecule has 0 spiro atoms. The maximum absolute atomic E-state index is 13.2. The van der Waals surface area contributed by atoms with E-state index in [0.717, 1.165) is 0 Å². The van der Waals surface area contributed by atoms with Gasteiger partial charge in [-0.3, -0.25) is 9.59 Å². The minimum atomic E-state index is -0.817. The summed E-state index contributed by atoms with van der Waals surface area (Å²) >= 11 is 0. The van der Waals surface area contributed by atoms with E-state index in [1.54, 1.807) is 66.7 Å². The number of ketones is 1. The highest BCUT2D eigenvalue weighted by Crippen LogP contribution is 2.41. The van der Waals surface area contributed by atoms with Gasteiger partial charge in [0.1, 0.15) is 29.6 Å². The quantitative estimate of drug-likeness (QED) is 0.213. The Hall–Kier alpha value is -4.26. The van der Waals surface area contributed by atoms with Crippen molar-refractivity contribution in [1.82, 2.24) is 4.90 Å². The van der Waals surface area contributed by atoms with E-state index in [1.165, 1.54) is 11.2 Å². The van der Waals surface area contributed by atoms with Crippen molar-refractivity contribution in [1.29, 1.82) is 0 Å². The Morgan fingerprint density at radius 2 is 1.88 bits per heavy atom. The van der Waals surface area contributed by atoms with Crippen molar-refractivity contribution in [2.24, 2.45) is 0 Å². The van der Waals surface area contributed by atoms with Crippen LogP contribution in [0.4, 0.5) is 0 Å². The fourth-order valence-electron chi connectivity index (χ4n) is 3.92. The Balaban J connectivity index is 1.79. The molecule has 0 radical (unpaired) electrons. The molecule has 7 nitrogen and oxygen atoms in total. The van der Waals surface area contributed by atoms with Crippen LogP contribution in [0.5, 0.6) is 11.5 Å². The van der Waals surface area contributed by atoms with E-state index < -0.39 is 17.7 Å². The maximum atomic E-state index is 13.2. The van der Waals surface area contributed by atoms with E-state index in [2.05, 4.69) is 6.58 Å². The lowest BCUT2D eigenvalue weighted by Crippen LogP contribution is -2.29. The van der Waals surface area contributed by atoms with E-state index in [1.807, 2.05) is 6.92 Å². The van der Waals surface area contributed by atoms with Gasteiger partial charge in [0.05, 0.1) is 31.0 Å². The summed E-state index contributed by atoms with van der Waals surface area (Å²) in [6, 6.07) is 16.4. The van der Waals surface area contributed by atoms with Gasteiger partial charge in [-0.05, 0) is 61.0 Å². The van der Waals surface area contributed by atoms with Gasteiger partial charge in [-0.1, -0.05) is 24.8 Å². The molecule has 1 aliphatic heterocycles. The number of carbonyl (C=O) groups excluding carboxylic acids is 2. The molecule has 174 valence electrons. The number of aliphatic hydroxyl groups excluding tert-OH is 1. The number of rotatable bonds is 9. The molecular formula is C27H25NO6. The number of amides is 1. The van der Waals surface area contributed by atoms with Crippen LogP contribution in [0.3, 0.4) is 0 Å². The van der Waals surface area contributed by atoms with Crippen LogP contribution in [0, 0.1) is 0 Å². The van der Waals surface area contributed by atoms with E-state index in [0.29, 0.717) is 41.6 Å². The summed E-state index contributed by atoms with van der Waals surface area (Å²) in [5.74, 6) is -0.0134. The van der Waals surface area contributed by atoms with E-state index >= 15 is 0 Å². The third-order valence-electron chi connectivity index (χ3n) is 5.43. The smallest absolute Gasteiger partial charge is 0.296 e. The topological polar surface area (TPSA) is 89.2 Å². The van der Waals surface area contributed by atoms with Gasteiger partial charge < -0.3 is 23.9 Å². The number of Topliss-reactive ketones (excluding diaryl/α,β-unsaturated/α-hetero) is 1. The number of nitrogens with zero attached hydrogens (tertiary/aromatic N) is 1. The highest BCUT2D eigenvalue weighted by atomic mass is 16.5. The van der Waals surface area contributed by atoms with Gasteiger partial charge in [-0.25, -0.2) is 0 Å². The maximum Gasteiger partial charge on any atom is 0.296 e. The number of likely N-dealkylation sites (tertiary alicyclic amines) is 1. The van der Waals surface area contributed by atoms with Crippen molar-refractivity contribution in [2.75, 3.05) is 13.2 Å². The molecule has 2 aromatic carbocycles. The first-order valence-corrected chi connectivity index (χ1v) is 10.9. The molecule has 1 saturated heterocycles. The van der Waals surface area contributed by atoms with Crippen molar-refractivity contribution in [3.05, 3.63) is 102 Å². The number of ether oxygens (including phenoxy) is 2. The fourth-order valence-corrected chi connectivity index (χ4v) is 3.92. The van der Waals surface area contributed by atoms with E-state index in [9.17, 15) is 14.7 Å². The number of furan rings is 1. The van der Waals surface area contributed by atoms with Crippen molar-refractivity contribution in [2.45, 2.75) is 19.5 Å². The van der Waals surface area contributed by atoms with Crippen molar-refractivity contribution >= 4 is 17.4 Å². The van der Waals surface area contributed by atoms with Gasteiger partial charge in [0, 0.05) is 5.56 Å². The monoisotopic (exact) mass is 459 g/mol. The first-order chi connectivity index (χ1) is 16.5. The van der Waals surface area contributed by atoms with Crippen molar-refractivity contribution in [3.63, 3.8) is 0 Å². The van der Waals surface area contributed by atoms with Gasteiger partial charge in [0.25, 0.3) is 11.7 Å². The standard InChI is InChI=1S/C27H25NO6/c1-3-14-33-20-12-10-18(11-13-20)25(29)23-24(19-7-5-8-21(16-19)32-4-2)28(27(31)26(23)30)17-22-9-6-15-34-22/h3,5-13,15-16,24,29H,1,4,14,17H2,2H3. The van der Waals surface area contributed by atoms with Gasteiger partial charge in [-0.2, -0.15) is 0 Å². The Kier molecular flexibility index (Phi) is 6.82. The lowest BCUT2D eigenvalue weighted by molar-refractivity contribution is -0.140. The molecule has 0 saturated carbocycles. The molecule has 1 aromatic heterocycles. The molecule has 1 unspecified atom stereocenters. The third kappa shape index (κ3) is 4.59. The molecule has 1 fully saturated rings. The second-order valence-electron chi connectivity index (χ2n) is 7.64. The van der Waals surface area contributed by atoms with Gasteiger partial charge in [0.2, 0.25) is 0 Å². The molecule has 1 amide bonds. The molecular weight excluding hydrogens is 434 g/mol. The molecule has 0 aliphatic carbocycles. The SMILES string of the molecule is C=CCOc1ccc(C(O)=C2C(=O)C(=O)N(Cc3ccco3)C2c2cccc(OCC)c2)cc1. The average molecular weight is 459 g/mol. The van der Waals surface area contributed by atoms with Crippen LogP contribution < -0.4 is 9.47 Å².